The summed E-state index contributed by atoms with van der Waals surface area (Å²) in [5.74, 6) is -3.51. The molecule has 3 aliphatic rings. The highest BCUT2D eigenvalue weighted by Gasteiger charge is 2.60. The van der Waals surface area contributed by atoms with Gasteiger partial charge in [-0.3, -0.25) is 4.90 Å². The van der Waals surface area contributed by atoms with Crippen molar-refractivity contribution in [2.45, 2.75) is 43.1 Å². The molecular weight excluding hydrogens is 523 g/mol. The van der Waals surface area contributed by atoms with E-state index >= 15 is 4.39 Å². The molecule has 2 saturated heterocycles. The summed E-state index contributed by atoms with van der Waals surface area (Å²) in [6, 6.07) is 4.93. The Morgan fingerprint density at radius 3 is 2.76 bits per heavy atom. The molecule has 0 N–H and O–H groups in total. The number of hydrogen-bond acceptors (Lipinski definition) is 5. The highest BCUT2D eigenvalue weighted by molar-refractivity contribution is 8.05. The van der Waals surface area contributed by atoms with Crippen molar-refractivity contribution >= 4 is 23.4 Å². The maximum Gasteiger partial charge on any atom is 0.278 e. The fourth-order valence-electron chi connectivity index (χ4n) is 5.74. The molecule has 5 heterocycles. The van der Waals surface area contributed by atoms with Crippen LogP contribution in [-0.2, 0) is 18.3 Å². The number of allylic oxidation sites excluding steroid dienone is 1. The number of alkyl halides is 2. The molecule has 6 rings (SSSR count). The number of benzene rings is 1. The lowest BCUT2D eigenvalue weighted by molar-refractivity contribution is -0.215. The van der Waals surface area contributed by atoms with Gasteiger partial charge in [-0.2, -0.15) is 5.10 Å². The van der Waals surface area contributed by atoms with Crippen LogP contribution in [0.15, 0.2) is 47.2 Å². The zero-order chi connectivity index (χ0) is 25.9. The molecule has 11 heteroatoms. The summed E-state index contributed by atoms with van der Waals surface area (Å²) in [4.78, 5) is 6.67. The highest BCUT2D eigenvalue weighted by atomic mass is 35.5. The van der Waals surface area contributed by atoms with Crippen LogP contribution in [0.2, 0.25) is 0 Å². The van der Waals surface area contributed by atoms with Crippen molar-refractivity contribution in [3.63, 3.8) is 0 Å². The van der Waals surface area contributed by atoms with Crippen LogP contribution in [0.4, 0.5) is 13.2 Å². The zero-order valence-corrected chi connectivity index (χ0v) is 22.1. The summed E-state index contributed by atoms with van der Waals surface area (Å²) < 4.78 is 53.8. The van der Waals surface area contributed by atoms with E-state index in [4.69, 9.17) is 16.3 Å². The molecular formula is C26H27ClF3N5OS. The molecule has 6 nitrogen and oxygen atoms in total. The largest absolute Gasteiger partial charge is 0.367 e. The number of nitrogens with zero attached hydrogens (tertiary/aromatic N) is 5. The quantitative estimate of drug-likeness (QED) is 0.428. The molecule has 0 saturated carbocycles. The lowest BCUT2D eigenvalue weighted by Gasteiger charge is -2.51. The van der Waals surface area contributed by atoms with Crippen molar-refractivity contribution in [2.75, 3.05) is 19.7 Å². The molecule has 1 aromatic carbocycles. The van der Waals surface area contributed by atoms with Crippen molar-refractivity contribution in [3.05, 3.63) is 64.3 Å². The number of halogens is 4. The van der Waals surface area contributed by atoms with Gasteiger partial charge in [0.05, 0.1) is 26.8 Å². The number of piperidine rings is 1. The van der Waals surface area contributed by atoms with E-state index in [2.05, 4.69) is 15.0 Å². The van der Waals surface area contributed by atoms with Gasteiger partial charge in [-0.15, -0.1) is 11.8 Å². The van der Waals surface area contributed by atoms with Crippen LogP contribution in [0.3, 0.4) is 0 Å². The number of aryl methyl sites for hydroxylation is 2. The average Bonchev–Trinajstić information content (AvgIpc) is 3.57. The Morgan fingerprint density at radius 1 is 1.24 bits per heavy atom. The van der Waals surface area contributed by atoms with Gasteiger partial charge in [0.15, 0.2) is 0 Å². The third kappa shape index (κ3) is 4.31. The van der Waals surface area contributed by atoms with Gasteiger partial charge in [-0.1, -0.05) is 17.7 Å². The fraction of sp³-hybridized carbons (Fsp3) is 0.462. The number of thioether (sulfide) groups is 1. The fourth-order valence-corrected chi connectivity index (χ4v) is 7.57. The normalized spacial score (nSPS) is 24.9. The summed E-state index contributed by atoms with van der Waals surface area (Å²) in [7, 11) is 1.87. The molecule has 2 atom stereocenters. The van der Waals surface area contributed by atoms with Crippen molar-refractivity contribution in [1.82, 2.24) is 24.2 Å². The van der Waals surface area contributed by atoms with E-state index in [1.54, 1.807) is 16.9 Å². The summed E-state index contributed by atoms with van der Waals surface area (Å²) in [5.41, 5.74) is 2.20. The standard InChI is InChI=1S/C26H27ClF3N5OS/c1-16-17(14-35(32-16)22-18(4-3-5-20(22)28)24-31-8-11-33(24)2)13-34-9-6-25(7-10-34)23-19(12-21(27)37-23)26(29,30)15-36-25/h3-5,8,11-12,14,19,23H,6-7,9-10,13,15H2,1-2H3. The van der Waals surface area contributed by atoms with Gasteiger partial charge >= 0.3 is 0 Å². The number of fused-ring (bicyclic) bond motifs is 2. The van der Waals surface area contributed by atoms with Crippen LogP contribution in [0.1, 0.15) is 24.1 Å². The van der Waals surface area contributed by atoms with Crippen LogP contribution in [-0.4, -0.2) is 60.7 Å². The molecule has 37 heavy (non-hydrogen) atoms. The molecule has 3 aromatic rings. The van der Waals surface area contributed by atoms with E-state index in [0.717, 1.165) is 11.3 Å². The first-order valence-electron chi connectivity index (χ1n) is 12.3. The highest BCUT2D eigenvalue weighted by Crippen LogP contribution is 2.56. The van der Waals surface area contributed by atoms with Crippen LogP contribution < -0.4 is 0 Å². The van der Waals surface area contributed by atoms with Crippen LogP contribution >= 0.6 is 23.4 Å². The smallest absolute Gasteiger partial charge is 0.278 e. The van der Waals surface area contributed by atoms with Gasteiger partial charge in [0, 0.05) is 56.4 Å². The zero-order valence-electron chi connectivity index (χ0n) is 20.5. The maximum absolute atomic E-state index is 15.1. The second kappa shape index (κ2) is 9.18. The minimum absolute atomic E-state index is 0.356. The molecule has 0 aliphatic carbocycles. The minimum Gasteiger partial charge on any atom is -0.367 e. The average molecular weight is 550 g/mol. The molecule has 2 aromatic heterocycles. The Morgan fingerprint density at radius 2 is 2.03 bits per heavy atom. The van der Waals surface area contributed by atoms with Crippen molar-refractivity contribution in [2.24, 2.45) is 13.0 Å². The van der Waals surface area contributed by atoms with Crippen LogP contribution in [0, 0.1) is 18.7 Å². The second-order valence-electron chi connectivity index (χ2n) is 10.1. The maximum atomic E-state index is 15.1. The SMILES string of the molecule is Cc1nn(-c2c(F)cccc2-c2nccn2C)cc1CN1CCC2(CC1)OCC(F)(F)C1C=C(Cl)SC12. The van der Waals surface area contributed by atoms with E-state index in [0.29, 0.717) is 53.9 Å². The van der Waals surface area contributed by atoms with E-state index in [-0.39, 0.29) is 11.1 Å². The predicted octanol–water partition coefficient (Wildman–Crippen LogP) is 5.53. The number of aromatic nitrogens is 4. The number of likely N-dealkylation sites (tertiary alicyclic amines) is 1. The first-order valence-corrected chi connectivity index (χ1v) is 13.5. The van der Waals surface area contributed by atoms with E-state index < -0.39 is 24.0 Å². The van der Waals surface area contributed by atoms with Gasteiger partial charge in [0.25, 0.3) is 5.92 Å². The van der Waals surface area contributed by atoms with Gasteiger partial charge in [-0.25, -0.2) is 22.8 Å². The van der Waals surface area contributed by atoms with E-state index in [9.17, 15) is 8.78 Å². The molecule has 0 amide bonds. The van der Waals surface area contributed by atoms with Crippen molar-refractivity contribution in [3.8, 4) is 17.1 Å². The van der Waals surface area contributed by atoms with Crippen molar-refractivity contribution in [1.29, 1.82) is 0 Å². The molecule has 0 radical (unpaired) electrons. The number of imidazole rings is 1. The van der Waals surface area contributed by atoms with Gasteiger partial charge < -0.3 is 9.30 Å². The number of hydrogen-bond donors (Lipinski definition) is 0. The molecule has 196 valence electrons. The molecule has 1 spiro atoms. The third-order valence-corrected chi connectivity index (χ3v) is 9.54. The van der Waals surface area contributed by atoms with E-state index in [1.807, 2.05) is 37.0 Å². The van der Waals surface area contributed by atoms with Crippen LogP contribution in [0.25, 0.3) is 17.1 Å². The van der Waals surface area contributed by atoms with Crippen LogP contribution in [0.5, 0.6) is 0 Å². The Kier molecular flexibility index (Phi) is 6.21. The molecule has 0 bridgehead atoms. The summed E-state index contributed by atoms with van der Waals surface area (Å²) in [6.07, 6.45) is 8.18. The van der Waals surface area contributed by atoms with Crippen molar-refractivity contribution < 1.29 is 17.9 Å². The van der Waals surface area contributed by atoms with Gasteiger partial charge in [0.1, 0.15) is 23.9 Å². The predicted molar refractivity (Wildman–Crippen MR) is 137 cm³/mol. The number of rotatable bonds is 4. The number of ether oxygens (including phenoxy) is 1. The van der Waals surface area contributed by atoms with E-state index in [1.165, 1.54) is 23.9 Å². The number of para-hydroxylation sites is 1. The Labute approximate surface area is 222 Å². The van der Waals surface area contributed by atoms with Gasteiger partial charge in [0.2, 0.25) is 0 Å². The summed E-state index contributed by atoms with van der Waals surface area (Å²) >= 11 is 7.49. The topological polar surface area (TPSA) is 48.1 Å². The summed E-state index contributed by atoms with van der Waals surface area (Å²) in [5, 5.41) is 4.26. The minimum atomic E-state index is -2.90. The second-order valence-corrected chi connectivity index (χ2v) is 11.9. The Bertz CT molecular complexity index is 1360. The summed E-state index contributed by atoms with van der Waals surface area (Å²) in [6.45, 7) is 3.39. The molecule has 2 unspecified atom stereocenters. The molecule has 3 aliphatic heterocycles. The first kappa shape index (κ1) is 25.0. The van der Waals surface area contributed by atoms with Gasteiger partial charge in [-0.05, 0) is 38.0 Å². The third-order valence-electron chi connectivity index (χ3n) is 7.81. The lowest BCUT2D eigenvalue weighted by Crippen LogP contribution is -2.61. The Hall–Kier alpha value is -2.27. The molecule has 2 fully saturated rings. The monoisotopic (exact) mass is 549 g/mol. The Balaban J connectivity index is 1.20. The first-order chi connectivity index (χ1) is 17.7. The lowest BCUT2D eigenvalue weighted by atomic mass is 9.77.